The number of hydrogen-bond acceptors (Lipinski definition) is 1. The molecule has 1 saturated heterocycles. The smallest absolute Gasteiger partial charge is 0.0183 e. The maximum absolute atomic E-state index is 4.02. The molecule has 0 aromatic heterocycles. The van der Waals surface area contributed by atoms with E-state index >= 15 is 0 Å². The summed E-state index contributed by atoms with van der Waals surface area (Å²) in [4.78, 5) is 0. The summed E-state index contributed by atoms with van der Waals surface area (Å²) in [5.41, 5.74) is 0.745. The van der Waals surface area contributed by atoms with E-state index < -0.39 is 0 Å². The lowest BCUT2D eigenvalue weighted by atomic mass is 9.71. The third kappa shape index (κ3) is 5.39. The van der Waals surface area contributed by atoms with Crippen molar-refractivity contribution >= 4 is 0 Å². The molecule has 0 radical (unpaired) electrons. The molecule has 1 aliphatic rings. The summed E-state index contributed by atoms with van der Waals surface area (Å²) in [5, 5.41) is 4.02. The van der Waals surface area contributed by atoms with Crippen molar-refractivity contribution < 1.29 is 0 Å². The number of piperidine rings is 1. The van der Waals surface area contributed by atoms with Gasteiger partial charge in [-0.2, -0.15) is 0 Å². The van der Waals surface area contributed by atoms with Crippen LogP contribution < -0.4 is 5.32 Å². The Labute approximate surface area is 128 Å². The average molecular weight is 282 g/mol. The molecule has 0 bridgehead atoms. The molecule has 0 aromatic carbocycles. The summed E-state index contributed by atoms with van der Waals surface area (Å²) in [6, 6.07) is 0. The van der Waals surface area contributed by atoms with Crippen LogP contribution in [0.15, 0.2) is 0 Å². The van der Waals surface area contributed by atoms with Gasteiger partial charge >= 0.3 is 0 Å². The molecule has 1 N–H and O–H groups in total. The lowest BCUT2D eigenvalue weighted by Gasteiger charge is -2.50. The van der Waals surface area contributed by atoms with E-state index in [9.17, 15) is 0 Å². The Hall–Kier alpha value is -0.0400. The molecular formula is C19H39N. The highest BCUT2D eigenvalue weighted by Gasteiger charge is 2.41. The van der Waals surface area contributed by atoms with E-state index in [0.29, 0.717) is 11.1 Å². The van der Waals surface area contributed by atoms with Crippen LogP contribution in [0.4, 0.5) is 0 Å². The Morgan fingerprint density at radius 2 is 1.55 bits per heavy atom. The fourth-order valence-corrected chi connectivity index (χ4v) is 3.75. The summed E-state index contributed by atoms with van der Waals surface area (Å²) >= 11 is 0. The Kier molecular flexibility index (Phi) is 7.58. The summed E-state index contributed by atoms with van der Waals surface area (Å²) in [7, 11) is 0. The van der Waals surface area contributed by atoms with Crippen molar-refractivity contribution in [2.75, 3.05) is 0 Å². The molecule has 3 atom stereocenters. The predicted octanol–water partition coefficient (Wildman–Crippen LogP) is 6.07. The van der Waals surface area contributed by atoms with E-state index in [4.69, 9.17) is 0 Å². The summed E-state index contributed by atoms with van der Waals surface area (Å²) < 4.78 is 0. The normalized spacial score (nSPS) is 34.4. The van der Waals surface area contributed by atoms with Gasteiger partial charge in [-0.3, -0.25) is 0 Å². The number of rotatable bonds is 9. The van der Waals surface area contributed by atoms with Crippen molar-refractivity contribution in [3.63, 3.8) is 0 Å². The molecule has 1 fully saturated rings. The highest BCUT2D eigenvalue weighted by molar-refractivity contribution is 5.00. The van der Waals surface area contributed by atoms with E-state index in [1.54, 1.807) is 0 Å². The van der Waals surface area contributed by atoms with E-state index in [-0.39, 0.29) is 0 Å². The zero-order valence-electron chi connectivity index (χ0n) is 14.9. The first-order valence-electron chi connectivity index (χ1n) is 9.25. The van der Waals surface area contributed by atoms with Gasteiger partial charge in [0.15, 0.2) is 0 Å². The minimum absolute atomic E-state index is 0.367. The first-order valence-corrected chi connectivity index (χ1v) is 9.25. The highest BCUT2D eigenvalue weighted by Crippen LogP contribution is 2.38. The maximum Gasteiger partial charge on any atom is 0.0183 e. The van der Waals surface area contributed by atoms with Crippen molar-refractivity contribution in [3.05, 3.63) is 0 Å². The summed E-state index contributed by atoms with van der Waals surface area (Å²) in [6.45, 7) is 12.0. The first kappa shape index (κ1) is 18.0. The topological polar surface area (TPSA) is 12.0 Å². The van der Waals surface area contributed by atoms with E-state index in [1.165, 1.54) is 70.6 Å². The van der Waals surface area contributed by atoms with Gasteiger partial charge in [0.05, 0.1) is 0 Å². The fourth-order valence-electron chi connectivity index (χ4n) is 3.75. The van der Waals surface area contributed by atoms with E-state index in [2.05, 4.69) is 39.9 Å². The molecule has 1 heterocycles. The number of unbranched alkanes of at least 4 members (excludes halogenated alkanes) is 6. The van der Waals surface area contributed by atoms with Gasteiger partial charge in [0.2, 0.25) is 0 Å². The number of nitrogens with one attached hydrogen (secondary N) is 1. The van der Waals surface area contributed by atoms with Crippen LogP contribution in [0, 0.1) is 5.92 Å². The van der Waals surface area contributed by atoms with Gasteiger partial charge in [-0.15, -0.1) is 0 Å². The van der Waals surface area contributed by atoms with Crippen LogP contribution in [0.3, 0.4) is 0 Å². The first-order chi connectivity index (χ1) is 9.46. The quantitative estimate of drug-likeness (QED) is 0.505. The van der Waals surface area contributed by atoms with Gasteiger partial charge in [0, 0.05) is 11.1 Å². The highest BCUT2D eigenvalue weighted by atomic mass is 15.1. The average Bonchev–Trinajstić information content (AvgIpc) is 2.43. The summed E-state index contributed by atoms with van der Waals surface area (Å²) in [5.74, 6) is 0.821. The molecule has 0 aromatic rings. The van der Waals surface area contributed by atoms with Gasteiger partial charge in [-0.1, -0.05) is 65.7 Å². The summed E-state index contributed by atoms with van der Waals surface area (Å²) in [6.07, 6.45) is 15.3. The van der Waals surface area contributed by atoms with Gasteiger partial charge < -0.3 is 5.32 Å². The van der Waals surface area contributed by atoms with Crippen molar-refractivity contribution in [1.82, 2.24) is 5.32 Å². The molecule has 1 rings (SSSR count). The van der Waals surface area contributed by atoms with E-state index in [1.807, 2.05) is 0 Å². The van der Waals surface area contributed by atoms with Gasteiger partial charge in [0.1, 0.15) is 0 Å². The lowest BCUT2D eigenvalue weighted by molar-refractivity contribution is 0.0853. The zero-order valence-corrected chi connectivity index (χ0v) is 14.9. The molecule has 1 nitrogen and oxygen atoms in total. The van der Waals surface area contributed by atoms with Gasteiger partial charge in [0.25, 0.3) is 0 Å². The molecule has 1 aliphatic heterocycles. The Morgan fingerprint density at radius 3 is 2.15 bits per heavy atom. The van der Waals surface area contributed by atoms with Crippen LogP contribution in [0.1, 0.15) is 105 Å². The van der Waals surface area contributed by atoms with Crippen LogP contribution in [-0.2, 0) is 0 Å². The third-order valence-electron chi connectivity index (χ3n) is 5.88. The molecule has 20 heavy (non-hydrogen) atoms. The third-order valence-corrected chi connectivity index (χ3v) is 5.88. The molecule has 3 unspecified atom stereocenters. The fraction of sp³-hybridized carbons (Fsp3) is 1.00. The largest absolute Gasteiger partial charge is 0.306 e. The van der Waals surface area contributed by atoms with Crippen LogP contribution in [0.5, 0.6) is 0 Å². The van der Waals surface area contributed by atoms with Crippen molar-refractivity contribution in [3.8, 4) is 0 Å². The molecule has 1 heteroatoms. The standard InChI is InChI=1S/C19H39N/c1-6-8-9-10-11-12-13-15-19(5)17(3)14-16-18(4,7-2)20-19/h17,20H,6-16H2,1-5H3. The Morgan fingerprint density at radius 1 is 0.950 bits per heavy atom. The van der Waals surface area contributed by atoms with Crippen LogP contribution in [0.2, 0.25) is 0 Å². The van der Waals surface area contributed by atoms with Crippen LogP contribution >= 0.6 is 0 Å². The van der Waals surface area contributed by atoms with Gasteiger partial charge in [-0.05, 0) is 45.4 Å². The monoisotopic (exact) mass is 281 g/mol. The lowest BCUT2D eigenvalue weighted by Crippen LogP contribution is -2.61. The molecule has 0 saturated carbocycles. The molecule has 120 valence electrons. The van der Waals surface area contributed by atoms with Crippen LogP contribution in [0.25, 0.3) is 0 Å². The zero-order chi connectivity index (χ0) is 15.1. The second-order valence-corrected chi connectivity index (χ2v) is 7.77. The minimum Gasteiger partial charge on any atom is -0.306 e. The van der Waals surface area contributed by atoms with Crippen molar-refractivity contribution in [2.24, 2.45) is 5.92 Å². The van der Waals surface area contributed by atoms with Gasteiger partial charge in [-0.25, -0.2) is 0 Å². The van der Waals surface area contributed by atoms with E-state index in [0.717, 1.165) is 5.92 Å². The molecule has 0 aliphatic carbocycles. The molecular weight excluding hydrogens is 242 g/mol. The predicted molar refractivity (Wildman–Crippen MR) is 91.2 cm³/mol. The molecule has 0 amide bonds. The SMILES string of the molecule is CCCCCCCCCC1(C)NC(C)(CC)CCC1C. The Balaban J connectivity index is 2.28. The second kappa shape index (κ2) is 8.41. The van der Waals surface area contributed by atoms with Crippen molar-refractivity contribution in [2.45, 2.75) is 116 Å². The van der Waals surface area contributed by atoms with Crippen LogP contribution in [-0.4, -0.2) is 11.1 Å². The van der Waals surface area contributed by atoms with Crippen molar-refractivity contribution in [1.29, 1.82) is 0 Å². The second-order valence-electron chi connectivity index (χ2n) is 7.77. The minimum atomic E-state index is 0.367. The maximum atomic E-state index is 4.02. The number of hydrogen-bond donors (Lipinski definition) is 1. The Bertz CT molecular complexity index is 262. The molecule has 0 spiro atoms.